The molecule has 1 aromatic heterocycles. The van der Waals surface area contributed by atoms with Gasteiger partial charge in [0.15, 0.2) is 0 Å². The lowest BCUT2D eigenvalue weighted by molar-refractivity contribution is -0.122. The molecule has 4 nitrogen and oxygen atoms in total. The van der Waals surface area contributed by atoms with Gasteiger partial charge in [-0.2, -0.15) is 0 Å². The highest BCUT2D eigenvalue weighted by molar-refractivity contribution is 7.09. The topological polar surface area (TPSA) is 62.2 Å². The van der Waals surface area contributed by atoms with E-state index in [0.717, 1.165) is 29.1 Å². The minimum absolute atomic E-state index is 0.0686. The number of hydrogen-bond donors (Lipinski definition) is 2. The van der Waals surface area contributed by atoms with Crippen molar-refractivity contribution in [3.63, 3.8) is 0 Å². The lowest BCUT2D eigenvalue weighted by Crippen LogP contribution is -2.30. The number of nitrogens with one attached hydrogen (secondary N) is 1. The third kappa shape index (κ3) is 5.09. The van der Waals surface area contributed by atoms with Crippen molar-refractivity contribution in [2.75, 3.05) is 6.61 Å². The summed E-state index contributed by atoms with van der Waals surface area (Å²) in [4.78, 5) is 16.4. The van der Waals surface area contributed by atoms with Crippen molar-refractivity contribution in [3.05, 3.63) is 50.9 Å². The fourth-order valence-corrected chi connectivity index (χ4v) is 2.92. The number of aliphatic hydroxyl groups excluding tert-OH is 1. The van der Waals surface area contributed by atoms with Gasteiger partial charge < -0.3 is 10.4 Å². The summed E-state index contributed by atoms with van der Waals surface area (Å²) >= 11 is 7.46. The second-order valence-electron chi connectivity index (χ2n) is 5.07. The van der Waals surface area contributed by atoms with Gasteiger partial charge in [-0.15, -0.1) is 11.3 Å². The Kier molecular flexibility index (Phi) is 6.36. The number of carbonyl (C=O) groups excluding carboxylic acids is 1. The molecule has 0 bridgehead atoms. The molecule has 118 valence electrons. The summed E-state index contributed by atoms with van der Waals surface area (Å²) in [5.41, 5.74) is 1.88. The van der Waals surface area contributed by atoms with E-state index >= 15 is 0 Å². The first-order chi connectivity index (χ1) is 10.6. The second kappa shape index (κ2) is 8.27. The molecular weight excluding hydrogens is 320 g/mol. The molecule has 0 radical (unpaired) electrons. The molecule has 0 fully saturated rings. The number of thiazole rings is 1. The zero-order valence-electron chi connectivity index (χ0n) is 12.4. The van der Waals surface area contributed by atoms with Gasteiger partial charge in [-0.3, -0.25) is 4.79 Å². The number of aryl methyl sites for hydroxylation is 2. The summed E-state index contributed by atoms with van der Waals surface area (Å²) in [6.07, 6.45) is 1.96. The molecule has 2 aromatic rings. The van der Waals surface area contributed by atoms with Crippen LogP contribution in [0.15, 0.2) is 29.6 Å². The second-order valence-corrected chi connectivity index (χ2v) is 6.56. The summed E-state index contributed by atoms with van der Waals surface area (Å²) in [6.45, 7) is 1.83. The zero-order chi connectivity index (χ0) is 15.9. The fourth-order valence-electron chi connectivity index (χ4n) is 2.15. The standard InChI is InChI=1S/C16H19ClN2O2S/c1-11-18-14(10-22-11)3-2-4-16(21)19-15(9-20)12-5-7-13(17)8-6-12/h5-8,10,15,20H,2-4,9H2,1H3,(H,19,21). The van der Waals surface area contributed by atoms with Crippen LogP contribution in [0, 0.1) is 6.92 Å². The Balaban J connectivity index is 1.80. The number of benzene rings is 1. The molecule has 22 heavy (non-hydrogen) atoms. The van der Waals surface area contributed by atoms with Crippen LogP contribution in [0.2, 0.25) is 5.02 Å². The van der Waals surface area contributed by atoms with Crippen LogP contribution >= 0.6 is 22.9 Å². The van der Waals surface area contributed by atoms with E-state index in [4.69, 9.17) is 11.6 Å². The van der Waals surface area contributed by atoms with Crippen molar-refractivity contribution in [1.29, 1.82) is 0 Å². The minimum atomic E-state index is -0.397. The molecule has 6 heteroatoms. The van der Waals surface area contributed by atoms with E-state index in [2.05, 4.69) is 10.3 Å². The third-order valence-corrected chi connectivity index (χ3v) is 4.37. The number of aliphatic hydroxyl groups is 1. The van der Waals surface area contributed by atoms with Crippen LogP contribution in [-0.4, -0.2) is 22.6 Å². The summed E-state index contributed by atoms with van der Waals surface area (Å²) in [7, 11) is 0. The number of hydrogen-bond acceptors (Lipinski definition) is 4. The predicted molar refractivity (Wildman–Crippen MR) is 89.2 cm³/mol. The van der Waals surface area contributed by atoms with E-state index in [1.165, 1.54) is 0 Å². The van der Waals surface area contributed by atoms with Crippen LogP contribution in [0.25, 0.3) is 0 Å². The SMILES string of the molecule is Cc1nc(CCCC(=O)NC(CO)c2ccc(Cl)cc2)cs1. The van der Waals surface area contributed by atoms with Crippen LogP contribution in [0.3, 0.4) is 0 Å². The molecule has 0 saturated carbocycles. The van der Waals surface area contributed by atoms with Gasteiger partial charge in [0.05, 0.1) is 23.4 Å². The first kappa shape index (κ1) is 16.9. The fraction of sp³-hybridized carbons (Fsp3) is 0.375. The van der Waals surface area contributed by atoms with E-state index in [1.54, 1.807) is 23.5 Å². The van der Waals surface area contributed by atoms with Crippen molar-refractivity contribution in [2.24, 2.45) is 0 Å². The van der Waals surface area contributed by atoms with E-state index in [9.17, 15) is 9.90 Å². The highest BCUT2D eigenvalue weighted by Gasteiger charge is 2.13. The van der Waals surface area contributed by atoms with Crippen molar-refractivity contribution in [2.45, 2.75) is 32.2 Å². The molecule has 0 aliphatic rings. The Morgan fingerprint density at radius 3 is 2.73 bits per heavy atom. The normalized spacial score (nSPS) is 12.1. The van der Waals surface area contributed by atoms with Gasteiger partial charge in [-0.05, 0) is 37.5 Å². The maximum atomic E-state index is 12.0. The van der Waals surface area contributed by atoms with Crippen LogP contribution in [0.4, 0.5) is 0 Å². The first-order valence-corrected chi connectivity index (χ1v) is 8.41. The van der Waals surface area contributed by atoms with Gasteiger partial charge in [0.25, 0.3) is 0 Å². The molecule has 1 amide bonds. The molecule has 2 N–H and O–H groups in total. The number of nitrogens with zero attached hydrogens (tertiary/aromatic N) is 1. The van der Waals surface area contributed by atoms with Gasteiger partial charge in [0.2, 0.25) is 5.91 Å². The molecule has 0 saturated heterocycles. The number of amides is 1. The Morgan fingerprint density at radius 1 is 1.41 bits per heavy atom. The van der Waals surface area contributed by atoms with E-state index in [-0.39, 0.29) is 12.5 Å². The molecule has 1 aromatic carbocycles. The van der Waals surface area contributed by atoms with Crippen LogP contribution in [-0.2, 0) is 11.2 Å². The Bertz CT molecular complexity index is 613. The van der Waals surface area contributed by atoms with Crippen molar-refractivity contribution < 1.29 is 9.90 Å². The highest BCUT2D eigenvalue weighted by atomic mass is 35.5. The first-order valence-electron chi connectivity index (χ1n) is 7.15. The van der Waals surface area contributed by atoms with E-state index < -0.39 is 6.04 Å². The lowest BCUT2D eigenvalue weighted by Gasteiger charge is -2.16. The summed E-state index contributed by atoms with van der Waals surface area (Å²) < 4.78 is 0. The molecule has 0 aliphatic heterocycles. The Morgan fingerprint density at radius 2 is 2.14 bits per heavy atom. The Labute approximate surface area is 139 Å². The third-order valence-electron chi connectivity index (χ3n) is 3.29. The van der Waals surface area contributed by atoms with Crippen LogP contribution in [0.5, 0.6) is 0 Å². The average Bonchev–Trinajstić information content (AvgIpc) is 2.91. The quantitative estimate of drug-likeness (QED) is 0.814. The zero-order valence-corrected chi connectivity index (χ0v) is 14.0. The highest BCUT2D eigenvalue weighted by Crippen LogP contribution is 2.17. The predicted octanol–water partition coefficient (Wildman–Crippen LogP) is 3.28. The summed E-state index contributed by atoms with van der Waals surface area (Å²) in [5, 5.41) is 16.0. The van der Waals surface area contributed by atoms with Gasteiger partial charge in [-0.25, -0.2) is 4.98 Å². The molecule has 0 aliphatic carbocycles. The molecule has 1 unspecified atom stereocenters. The smallest absolute Gasteiger partial charge is 0.220 e. The molecule has 0 spiro atoms. The molecule has 1 heterocycles. The van der Waals surface area contributed by atoms with Gasteiger partial charge in [0.1, 0.15) is 0 Å². The van der Waals surface area contributed by atoms with E-state index in [0.29, 0.717) is 11.4 Å². The summed E-state index contributed by atoms with van der Waals surface area (Å²) in [5.74, 6) is -0.0686. The average molecular weight is 339 g/mol. The van der Waals surface area contributed by atoms with Gasteiger partial charge >= 0.3 is 0 Å². The van der Waals surface area contributed by atoms with Crippen molar-refractivity contribution in [3.8, 4) is 0 Å². The largest absolute Gasteiger partial charge is 0.394 e. The maximum absolute atomic E-state index is 12.0. The number of halogens is 1. The van der Waals surface area contributed by atoms with Crippen LogP contribution < -0.4 is 5.32 Å². The van der Waals surface area contributed by atoms with Gasteiger partial charge in [-0.1, -0.05) is 23.7 Å². The number of carbonyl (C=O) groups is 1. The maximum Gasteiger partial charge on any atom is 0.220 e. The molecular formula is C16H19ClN2O2S. The van der Waals surface area contributed by atoms with Crippen molar-refractivity contribution >= 4 is 28.8 Å². The number of aromatic nitrogens is 1. The summed E-state index contributed by atoms with van der Waals surface area (Å²) in [6, 6.07) is 6.71. The van der Waals surface area contributed by atoms with Crippen LogP contribution in [0.1, 0.15) is 35.1 Å². The molecule has 1 atom stereocenters. The van der Waals surface area contributed by atoms with E-state index in [1.807, 2.05) is 24.4 Å². The Hall–Kier alpha value is -1.43. The monoisotopic (exact) mass is 338 g/mol. The van der Waals surface area contributed by atoms with Crippen molar-refractivity contribution in [1.82, 2.24) is 10.3 Å². The minimum Gasteiger partial charge on any atom is -0.394 e. The number of rotatable bonds is 7. The molecule has 2 rings (SSSR count). The van der Waals surface area contributed by atoms with Gasteiger partial charge in [0, 0.05) is 16.8 Å². The lowest BCUT2D eigenvalue weighted by atomic mass is 10.1.